The van der Waals surface area contributed by atoms with Gasteiger partial charge in [-0.3, -0.25) is 0 Å². The Hall–Kier alpha value is -6.13. The van der Waals surface area contributed by atoms with E-state index in [0.29, 0.717) is 0 Å². The zero-order valence-corrected chi connectivity index (χ0v) is 49.1. The number of halogens is 2. The molecule has 0 nitrogen and oxygen atoms in total. The van der Waals surface area contributed by atoms with Crippen molar-refractivity contribution in [3.63, 3.8) is 0 Å². The van der Waals surface area contributed by atoms with Gasteiger partial charge in [0.1, 0.15) is 0 Å². The van der Waals surface area contributed by atoms with Gasteiger partial charge < -0.3 is 0 Å². The summed E-state index contributed by atoms with van der Waals surface area (Å²) in [5.41, 5.74) is 20.5. The van der Waals surface area contributed by atoms with Gasteiger partial charge in [-0.2, -0.15) is 0 Å². The predicted octanol–water partition coefficient (Wildman–Crippen LogP) is 17.8. The average Bonchev–Trinajstić information content (AvgIpc) is 4.18. The van der Waals surface area contributed by atoms with Gasteiger partial charge in [0.05, 0.1) is 0 Å². The minimum absolute atomic E-state index is 0.177. The van der Waals surface area contributed by atoms with Crippen molar-refractivity contribution in [2.24, 2.45) is 11.8 Å². The molecule has 1 aliphatic heterocycles. The number of hydrogen-bond acceptors (Lipinski definition) is 0. The van der Waals surface area contributed by atoms with Crippen molar-refractivity contribution in [2.75, 3.05) is 0 Å². The number of fused-ring (bicyclic) bond motifs is 7. The van der Waals surface area contributed by atoms with Gasteiger partial charge in [0.15, 0.2) is 0 Å². The van der Waals surface area contributed by atoms with Gasteiger partial charge in [-0.15, -0.1) is 0 Å². The molecule has 4 heteroatoms. The quantitative estimate of drug-likeness (QED) is 0.113. The van der Waals surface area contributed by atoms with E-state index in [-0.39, 0.29) is 19.2 Å². The third-order valence-corrected chi connectivity index (χ3v) is 49.0. The summed E-state index contributed by atoms with van der Waals surface area (Å²) in [7, 11) is 18.5. The molecule has 0 bridgehead atoms. The molecule has 0 fully saturated rings. The van der Waals surface area contributed by atoms with Crippen LogP contribution in [0.2, 0.25) is 0 Å². The van der Waals surface area contributed by atoms with E-state index in [4.69, 9.17) is 0 Å². The van der Waals surface area contributed by atoms with Crippen molar-refractivity contribution in [3.05, 3.63) is 246 Å². The van der Waals surface area contributed by atoms with Crippen LogP contribution >= 0.6 is 17.2 Å². The SMILES string of the molecule is CCC(C)C1=Cc2c(-c3ccccc3-c3cccc4ccccc34)cccc2[CH]1[Hf]([Cl])([Cl])([c]1cccc2c1[SiH2]c1ccccc1-2)[CH]1C(C(C)CC)=Cc2c(-c3ccccc3-c3cccc4ccccc34)cccc21. The fourth-order valence-corrected chi connectivity index (χ4v) is 52.9. The molecule has 4 unspecified atom stereocenters. The fraction of sp³-hybridized carbons (Fsp3) is 0.143. The normalized spacial score (nSPS) is 17.2. The zero-order chi connectivity index (χ0) is 50.3. The van der Waals surface area contributed by atoms with Crippen LogP contribution in [0.25, 0.3) is 89.3 Å². The van der Waals surface area contributed by atoms with Crippen LogP contribution in [-0.4, -0.2) is 9.52 Å². The van der Waals surface area contributed by atoms with Gasteiger partial charge in [-0.05, 0) is 0 Å². The van der Waals surface area contributed by atoms with Gasteiger partial charge in [0, 0.05) is 0 Å². The summed E-state index contributed by atoms with van der Waals surface area (Å²) in [5, 5.41) is 7.93. The maximum absolute atomic E-state index is 9.71. The molecular weight excluding hydrogens is 1120 g/mol. The molecule has 0 N–H and O–H groups in total. The Labute approximate surface area is 447 Å². The molecule has 0 saturated heterocycles. The zero-order valence-electron chi connectivity index (χ0n) is 42.5. The van der Waals surface area contributed by atoms with Crippen LogP contribution in [-0.2, 0) is 16.1 Å². The Balaban J connectivity index is 1.09. The summed E-state index contributed by atoms with van der Waals surface area (Å²) in [6.45, 7) is 9.54. The van der Waals surface area contributed by atoms with E-state index in [0.717, 1.165) is 12.8 Å². The van der Waals surface area contributed by atoms with Gasteiger partial charge in [-0.1, -0.05) is 0 Å². The maximum atomic E-state index is 9.71. The summed E-state index contributed by atoms with van der Waals surface area (Å²) in [6.07, 6.45) is 7.10. The standard InChI is InChI=1S/2C29H25.C12H9Si.2ClH.Hf/c2*1-3-20(2)23-18-22-12-9-17-28(29(22)19-23)27-15-7-6-14-26(27)25-16-8-11-21-10-4-5-13-24(21)25;1-3-7-11-9(5-1)10-6-2-4-8-12(10)13-11;;;/h2*4-20H,3H2,1-2H3;1-7H,13H2;2*1H;/q;;;;;+2/p-2. The van der Waals surface area contributed by atoms with Gasteiger partial charge >= 0.3 is 451 Å². The predicted molar refractivity (Wildman–Crippen MR) is 321 cm³/mol. The monoisotopic (exact) mass is 1180 g/mol. The molecule has 1 heterocycles. The Bertz CT molecular complexity index is 3760. The van der Waals surface area contributed by atoms with E-state index in [1.165, 1.54) is 124 Å². The van der Waals surface area contributed by atoms with Crippen LogP contribution in [0.5, 0.6) is 0 Å². The summed E-state index contributed by atoms with van der Waals surface area (Å²) < 4.78 is 0.932. The van der Waals surface area contributed by atoms with Crippen LogP contribution < -0.4 is 13.7 Å². The second-order valence-corrected chi connectivity index (χ2v) is 52.5. The first kappa shape index (κ1) is 47.6. The third-order valence-electron chi connectivity index (χ3n) is 17.6. The molecule has 2 aliphatic carbocycles. The van der Waals surface area contributed by atoms with E-state index >= 15 is 0 Å². The number of allylic oxidation sites excluding steroid dienone is 2. The molecule has 3 aliphatic rings. The van der Waals surface area contributed by atoms with Gasteiger partial charge in [-0.25, -0.2) is 0 Å². The van der Waals surface area contributed by atoms with Crippen LogP contribution in [0.1, 0.15) is 70.1 Å². The number of benzene rings is 10. The molecule has 0 amide bonds. The molecule has 361 valence electrons. The van der Waals surface area contributed by atoms with Crippen LogP contribution in [0.4, 0.5) is 0 Å². The first-order valence-electron chi connectivity index (χ1n) is 26.8. The summed E-state index contributed by atoms with van der Waals surface area (Å²) in [4.78, 5) is 0. The Morgan fingerprint density at radius 2 is 0.757 bits per heavy atom. The molecule has 0 saturated carbocycles. The van der Waals surface area contributed by atoms with Crippen molar-refractivity contribution in [1.29, 1.82) is 0 Å². The Morgan fingerprint density at radius 3 is 1.26 bits per heavy atom. The molecule has 0 aromatic heterocycles. The van der Waals surface area contributed by atoms with E-state index in [1.54, 1.807) is 0 Å². The summed E-state index contributed by atoms with van der Waals surface area (Å²) >= 11 is -6.10. The third kappa shape index (κ3) is 7.30. The number of hydrogen-bond donors (Lipinski definition) is 0. The minimum atomic E-state index is -6.10. The molecular formula is C70H59Cl2HfSi. The van der Waals surface area contributed by atoms with Crippen molar-refractivity contribution >= 4 is 74.1 Å². The second kappa shape index (κ2) is 18.6. The van der Waals surface area contributed by atoms with E-state index in [1.807, 2.05) is 0 Å². The molecule has 10 aromatic rings. The second-order valence-electron chi connectivity index (χ2n) is 21.4. The molecule has 0 spiro atoms. The van der Waals surface area contributed by atoms with E-state index in [9.17, 15) is 17.2 Å². The summed E-state index contributed by atoms with van der Waals surface area (Å²) in [5.74, 6) is 0.479. The van der Waals surface area contributed by atoms with E-state index in [2.05, 4.69) is 252 Å². The Kier molecular flexibility index (Phi) is 12.0. The van der Waals surface area contributed by atoms with Crippen LogP contribution in [0.15, 0.2) is 223 Å². The van der Waals surface area contributed by atoms with Crippen molar-refractivity contribution in [2.45, 2.75) is 47.9 Å². The van der Waals surface area contributed by atoms with E-state index < -0.39 is 25.7 Å². The molecule has 0 radical (unpaired) electrons. The molecule has 74 heavy (non-hydrogen) atoms. The molecule has 4 atom stereocenters. The van der Waals surface area contributed by atoms with Gasteiger partial charge in [0.2, 0.25) is 0 Å². The van der Waals surface area contributed by atoms with Crippen molar-refractivity contribution in [3.8, 4) is 55.6 Å². The van der Waals surface area contributed by atoms with Crippen molar-refractivity contribution in [1.82, 2.24) is 0 Å². The topological polar surface area (TPSA) is 0 Å². The summed E-state index contributed by atoms with van der Waals surface area (Å²) in [6, 6.07) is 79.3. The van der Waals surface area contributed by atoms with Crippen LogP contribution in [0, 0.1) is 11.8 Å². The van der Waals surface area contributed by atoms with Crippen molar-refractivity contribution < 1.29 is 16.1 Å². The molecule has 10 aromatic carbocycles. The average molecular weight is 1180 g/mol. The first-order chi connectivity index (χ1) is 36.2. The van der Waals surface area contributed by atoms with Crippen LogP contribution in [0.3, 0.4) is 0 Å². The Morgan fingerprint density at radius 1 is 0.392 bits per heavy atom. The van der Waals surface area contributed by atoms with Gasteiger partial charge in [0.25, 0.3) is 0 Å². The first-order valence-corrected chi connectivity index (χ1v) is 43.1. The molecule has 13 rings (SSSR count). The number of rotatable bonds is 11. The fourth-order valence-electron chi connectivity index (χ4n) is 13.7.